The van der Waals surface area contributed by atoms with Crippen molar-refractivity contribution in [3.63, 3.8) is 0 Å². The summed E-state index contributed by atoms with van der Waals surface area (Å²) in [5.74, 6) is -0.409. The number of carbonyl (C=O) groups excluding carboxylic acids is 3. The van der Waals surface area contributed by atoms with Crippen LogP contribution in [-0.2, 0) is 6.54 Å². The van der Waals surface area contributed by atoms with Crippen molar-refractivity contribution in [1.82, 2.24) is 15.5 Å². The zero-order valence-electron chi connectivity index (χ0n) is 16.7. The number of nitrogens with zero attached hydrogens (tertiary/aromatic N) is 1. The average molecular weight is 395 g/mol. The van der Waals surface area contributed by atoms with Gasteiger partial charge in [-0.15, -0.1) is 0 Å². The highest BCUT2D eigenvalue weighted by Crippen LogP contribution is 2.26. The Kier molecular flexibility index (Phi) is 6.61. The number of carbonyl (C=O) groups is 3. The van der Waals surface area contributed by atoms with Crippen molar-refractivity contribution in [3.05, 3.63) is 64.7 Å². The van der Waals surface area contributed by atoms with Crippen LogP contribution in [0.4, 0.5) is 0 Å². The molecule has 0 saturated heterocycles. The second kappa shape index (κ2) is 9.34. The SMILES string of the molecule is CCOc1ccc(CN2C(=O)c3ccccc3C2=O)cc1C(=O)NCCCNC. The largest absolute Gasteiger partial charge is 0.493 e. The number of benzene rings is 2. The molecule has 2 aromatic carbocycles. The lowest BCUT2D eigenvalue weighted by atomic mass is 10.1. The van der Waals surface area contributed by atoms with Gasteiger partial charge in [0.25, 0.3) is 17.7 Å². The fourth-order valence-electron chi connectivity index (χ4n) is 3.26. The van der Waals surface area contributed by atoms with Gasteiger partial charge in [0.1, 0.15) is 5.75 Å². The molecule has 2 aromatic rings. The zero-order valence-corrected chi connectivity index (χ0v) is 16.7. The molecular formula is C22H25N3O4. The van der Waals surface area contributed by atoms with Crippen LogP contribution >= 0.6 is 0 Å². The molecule has 3 amide bonds. The van der Waals surface area contributed by atoms with Crippen molar-refractivity contribution in [2.75, 3.05) is 26.7 Å². The quantitative estimate of drug-likeness (QED) is 0.502. The molecule has 0 radical (unpaired) electrons. The van der Waals surface area contributed by atoms with Crippen molar-refractivity contribution in [3.8, 4) is 5.75 Å². The van der Waals surface area contributed by atoms with Gasteiger partial charge in [-0.1, -0.05) is 18.2 Å². The van der Waals surface area contributed by atoms with Gasteiger partial charge in [-0.2, -0.15) is 0 Å². The van der Waals surface area contributed by atoms with Crippen molar-refractivity contribution in [2.45, 2.75) is 19.9 Å². The molecule has 1 heterocycles. The number of hydrogen-bond donors (Lipinski definition) is 2. The lowest BCUT2D eigenvalue weighted by molar-refractivity contribution is 0.0642. The lowest BCUT2D eigenvalue weighted by Crippen LogP contribution is -2.30. The first-order valence-electron chi connectivity index (χ1n) is 9.70. The van der Waals surface area contributed by atoms with E-state index in [2.05, 4.69) is 10.6 Å². The minimum absolute atomic E-state index is 0.0960. The van der Waals surface area contributed by atoms with Gasteiger partial charge in [0.2, 0.25) is 0 Å². The van der Waals surface area contributed by atoms with Gasteiger partial charge in [0, 0.05) is 6.54 Å². The van der Waals surface area contributed by atoms with Crippen molar-refractivity contribution in [1.29, 1.82) is 0 Å². The molecule has 152 valence electrons. The first kappa shape index (κ1) is 20.5. The Morgan fingerprint density at radius 2 is 1.72 bits per heavy atom. The van der Waals surface area contributed by atoms with Gasteiger partial charge in [-0.3, -0.25) is 19.3 Å². The number of ether oxygens (including phenoxy) is 1. The molecule has 7 heteroatoms. The van der Waals surface area contributed by atoms with Crippen LogP contribution in [0, 0.1) is 0 Å². The number of imide groups is 1. The third-order valence-electron chi connectivity index (χ3n) is 4.70. The Hall–Kier alpha value is -3.19. The van der Waals surface area contributed by atoms with E-state index in [1.165, 1.54) is 4.90 Å². The molecule has 0 unspecified atom stereocenters. The van der Waals surface area contributed by atoms with Gasteiger partial charge < -0.3 is 15.4 Å². The Balaban J connectivity index is 1.79. The third-order valence-corrected chi connectivity index (χ3v) is 4.70. The van der Waals surface area contributed by atoms with Crippen LogP contribution in [-0.4, -0.2) is 49.4 Å². The summed E-state index contributed by atoms with van der Waals surface area (Å²) in [6, 6.07) is 11.9. The Morgan fingerprint density at radius 1 is 1.03 bits per heavy atom. The standard InChI is InChI=1S/C22H25N3O4/c1-3-29-19-10-9-15(13-18(19)20(26)24-12-6-11-23-2)14-25-21(27)16-7-4-5-8-17(16)22(25)28/h4-5,7-10,13,23H,3,6,11-12,14H2,1-2H3,(H,24,26). The Bertz CT molecular complexity index is 891. The fourth-order valence-corrected chi connectivity index (χ4v) is 3.26. The molecule has 0 fully saturated rings. The maximum Gasteiger partial charge on any atom is 0.261 e. The fraction of sp³-hybridized carbons (Fsp3) is 0.318. The summed E-state index contributed by atoms with van der Waals surface area (Å²) in [4.78, 5) is 39.0. The van der Waals surface area contributed by atoms with Crippen LogP contribution in [0.25, 0.3) is 0 Å². The number of fused-ring (bicyclic) bond motifs is 1. The van der Waals surface area contributed by atoms with Gasteiger partial charge >= 0.3 is 0 Å². The molecule has 29 heavy (non-hydrogen) atoms. The molecule has 1 aliphatic heterocycles. The Labute approximate surface area is 170 Å². The van der Waals surface area contributed by atoms with Crippen molar-refractivity contribution in [2.24, 2.45) is 0 Å². The molecule has 7 nitrogen and oxygen atoms in total. The monoisotopic (exact) mass is 395 g/mol. The van der Waals surface area contributed by atoms with Crippen LogP contribution in [0.5, 0.6) is 5.75 Å². The maximum atomic E-state index is 12.6. The molecule has 0 bridgehead atoms. The maximum absolute atomic E-state index is 12.6. The van der Waals surface area contributed by atoms with E-state index >= 15 is 0 Å². The van der Waals surface area contributed by atoms with Gasteiger partial charge in [0.15, 0.2) is 0 Å². The van der Waals surface area contributed by atoms with E-state index < -0.39 is 0 Å². The molecule has 3 rings (SSSR count). The van der Waals surface area contributed by atoms with E-state index in [0.717, 1.165) is 13.0 Å². The highest BCUT2D eigenvalue weighted by molar-refractivity contribution is 6.21. The smallest absolute Gasteiger partial charge is 0.261 e. The van der Waals surface area contributed by atoms with Gasteiger partial charge in [-0.05, 0) is 56.8 Å². The topological polar surface area (TPSA) is 87.7 Å². The van der Waals surface area contributed by atoms with Crippen LogP contribution in [0.2, 0.25) is 0 Å². The van der Waals surface area contributed by atoms with E-state index in [-0.39, 0.29) is 24.3 Å². The van der Waals surface area contributed by atoms with E-state index in [0.29, 0.717) is 41.2 Å². The highest BCUT2D eigenvalue weighted by atomic mass is 16.5. The normalized spacial score (nSPS) is 12.8. The summed E-state index contributed by atoms with van der Waals surface area (Å²) in [5.41, 5.74) is 1.89. The molecule has 0 atom stereocenters. The minimum Gasteiger partial charge on any atom is -0.493 e. The summed E-state index contributed by atoms with van der Waals surface area (Å²) in [6.45, 7) is 3.71. The first-order valence-corrected chi connectivity index (χ1v) is 9.70. The second-order valence-electron chi connectivity index (χ2n) is 6.72. The van der Waals surface area contributed by atoms with Crippen LogP contribution < -0.4 is 15.4 Å². The predicted octanol–water partition coefficient (Wildman–Crippen LogP) is 2.22. The van der Waals surface area contributed by atoms with E-state index in [4.69, 9.17) is 4.74 Å². The molecule has 0 aliphatic carbocycles. The number of nitrogens with one attached hydrogen (secondary N) is 2. The number of hydrogen-bond acceptors (Lipinski definition) is 5. The molecule has 2 N–H and O–H groups in total. The summed E-state index contributed by atoms with van der Waals surface area (Å²) in [5, 5.41) is 5.91. The van der Waals surface area contributed by atoms with Gasteiger partial charge in [-0.25, -0.2) is 0 Å². The Morgan fingerprint density at radius 3 is 2.34 bits per heavy atom. The molecule has 0 spiro atoms. The van der Waals surface area contributed by atoms with Gasteiger partial charge in [0.05, 0.1) is 29.8 Å². The predicted molar refractivity (Wildman–Crippen MR) is 109 cm³/mol. The van der Waals surface area contributed by atoms with E-state index in [9.17, 15) is 14.4 Å². The molecule has 1 aliphatic rings. The lowest BCUT2D eigenvalue weighted by Gasteiger charge is -2.16. The van der Waals surface area contributed by atoms with E-state index in [1.807, 2.05) is 14.0 Å². The van der Waals surface area contributed by atoms with Crippen LogP contribution in [0.1, 0.15) is 50.0 Å². The first-order chi connectivity index (χ1) is 14.1. The number of amides is 3. The highest BCUT2D eigenvalue weighted by Gasteiger charge is 2.35. The van der Waals surface area contributed by atoms with Crippen molar-refractivity contribution < 1.29 is 19.1 Å². The minimum atomic E-state index is -0.322. The summed E-state index contributed by atoms with van der Waals surface area (Å²) >= 11 is 0. The zero-order chi connectivity index (χ0) is 20.8. The number of rotatable bonds is 9. The summed E-state index contributed by atoms with van der Waals surface area (Å²) in [6.07, 6.45) is 0.806. The third kappa shape index (κ3) is 4.46. The second-order valence-corrected chi connectivity index (χ2v) is 6.72. The van der Waals surface area contributed by atoms with E-state index in [1.54, 1.807) is 42.5 Å². The summed E-state index contributed by atoms with van der Waals surface area (Å²) in [7, 11) is 1.86. The van der Waals surface area contributed by atoms with Crippen LogP contribution in [0.3, 0.4) is 0 Å². The summed E-state index contributed by atoms with van der Waals surface area (Å²) < 4.78 is 5.58. The molecule has 0 aromatic heterocycles. The van der Waals surface area contributed by atoms with Crippen LogP contribution in [0.15, 0.2) is 42.5 Å². The average Bonchev–Trinajstić information content (AvgIpc) is 2.97. The van der Waals surface area contributed by atoms with Crippen molar-refractivity contribution >= 4 is 17.7 Å². The molecule has 0 saturated carbocycles. The molecular weight excluding hydrogens is 370 g/mol.